The molecule has 7 rings (SSSR count). The van der Waals surface area contributed by atoms with Crippen LogP contribution in [-0.4, -0.2) is 74.5 Å². The monoisotopic (exact) mass is 814 g/mol. The summed E-state index contributed by atoms with van der Waals surface area (Å²) in [5.41, 5.74) is 11.1. The number of aliphatic hydroxyl groups is 1. The van der Waals surface area contributed by atoms with Crippen LogP contribution < -0.4 is 26.4 Å². The van der Waals surface area contributed by atoms with E-state index in [1.165, 1.54) is 4.90 Å². The minimum atomic E-state index is -2.65. The van der Waals surface area contributed by atoms with Crippen molar-refractivity contribution in [1.82, 2.24) is 20.1 Å². The highest BCUT2D eigenvalue weighted by Crippen LogP contribution is 2.42. The molecule has 1 aromatic heterocycles. The Kier molecular flexibility index (Phi) is 12.4. The van der Waals surface area contributed by atoms with Crippen molar-refractivity contribution in [2.24, 2.45) is 5.73 Å². The number of carbonyl (C=O) groups is 4. The van der Waals surface area contributed by atoms with Gasteiger partial charge in [-0.3, -0.25) is 19.2 Å². The van der Waals surface area contributed by atoms with Gasteiger partial charge in [0.25, 0.3) is 11.8 Å². The highest BCUT2D eigenvalue weighted by Gasteiger charge is 2.40. The van der Waals surface area contributed by atoms with Gasteiger partial charge in [0.1, 0.15) is 17.0 Å². The van der Waals surface area contributed by atoms with Gasteiger partial charge in [0.05, 0.1) is 18.1 Å². The third-order valence-electron chi connectivity index (χ3n) is 11.4. The zero-order chi connectivity index (χ0) is 41.0. The Morgan fingerprint density at radius 1 is 0.966 bits per heavy atom. The van der Waals surface area contributed by atoms with Crippen LogP contribution in [0.4, 0.5) is 14.5 Å². The summed E-state index contributed by atoms with van der Waals surface area (Å²) in [7, 11) is 0. The van der Waals surface area contributed by atoms with E-state index in [-0.39, 0.29) is 67.1 Å². The molecule has 15 heteroatoms. The first-order valence-electron chi connectivity index (χ1n) is 19.9. The number of carbonyl (C=O) groups excluding carboxylic acids is 4. The summed E-state index contributed by atoms with van der Waals surface area (Å²) in [6.45, 7) is 0.430. The van der Waals surface area contributed by atoms with Gasteiger partial charge in [0.2, 0.25) is 17.7 Å². The molecule has 0 radical (unpaired) electrons. The average molecular weight is 815 g/mol. The van der Waals surface area contributed by atoms with Gasteiger partial charge in [-0.1, -0.05) is 55.4 Å². The van der Waals surface area contributed by atoms with Gasteiger partial charge in [0, 0.05) is 77.8 Å². The van der Waals surface area contributed by atoms with Crippen LogP contribution in [0.5, 0.6) is 5.75 Å². The fourth-order valence-corrected chi connectivity index (χ4v) is 8.37. The number of rotatable bonds is 15. The number of alkyl halides is 2. The summed E-state index contributed by atoms with van der Waals surface area (Å²) in [4.78, 5) is 52.1. The van der Waals surface area contributed by atoms with Crippen LogP contribution in [0.25, 0.3) is 22.0 Å². The Balaban J connectivity index is 0.858. The standard InChI is InChI=1S/C43H48F2N6O6S/c44-43(45)18-16-29(17-19-43)50-23-32(26-7-5-8-27(21-26)40(46)58)30-13-12-28(22-35(30)50)48-37(52)11-3-1-2-4-20-47-39(54)25-57-36-10-6-9-31-33(36)24-51(42(31)56)34-14-15-38(53)49-41(34)55/h5-10,12-13,21-23,29,34,41,55H,1-4,11,14-20,24-25H2,(H2,46,58)(H,47,54)(H,48,52)(H,49,53). The number of fused-ring (bicyclic) bond motifs is 2. The molecular weight excluding hydrogens is 767 g/mol. The summed E-state index contributed by atoms with van der Waals surface area (Å²) in [5.74, 6) is -3.16. The fraction of sp³-hybridized carbons (Fsp3) is 0.419. The molecule has 306 valence electrons. The lowest BCUT2D eigenvalue weighted by Gasteiger charge is -2.35. The number of halogens is 2. The molecule has 4 aromatic rings. The second-order valence-corrected chi connectivity index (χ2v) is 15.8. The van der Waals surface area contributed by atoms with Crippen LogP contribution in [0.1, 0.15) is 98.2 Å². The molecule has 1 saturated carbocycles. The molecule has 3 aromatic carbocycles. The summed E-state index contributed by atoms with van der Waals surface area (Å²) in [5, 5.41) is 19.6. The Hall–Kier alpha value is -5.41. The van der Waals surface area contributed by atoms with E-state index in [0.29, 0.717) is 61.2 Å². The SMILES string of the molecule is NC(=S)c1cccc(-c2cn(C3CCC(F)(F)CC3)c3cc(NC(=O)CCCCCCNC(=O)COc4cccc5c4CN(C4CCC(=O)NC4O)C5=O)ccc23)c1. The van der Waals surface area contributed by atoms with Crippen LogP contribution in [0.2, 0.25) is 0 Å². The largest absolute Gasteiger partial charge is 0.483 e. The average Bonchev–Trinajstić information content (AvgIpc) is 3.74. The van der Waals surface area contributed by atoms with Crippen LogP contribution in [0, 0.1) is 0 Å². The normalized spacial score (nSPS) is 19.1. The molecule has 3 aliphatic rings. The topological polar surface area (TPSA) is 168 Å². The number of aromatic nitrogens is 1. The number of aliphatic hydroxyl groups excluding tert-OH is 1. The Morgan fingerprint density at radius 2 is 1.74 bits per heavy atom. The molecule has 2 aliphatic heterocycles. The third kappa shape index (κ3) is 9.31. The van der Waals surface area contributed by atoms with Crippen molar-refractivity contribution in [2.75, 3.05) is 18.5 Å². The smallest absolute Gasteiger partial charge is 0.257 e. The van der Waals surface area contributed by atoms with E-state index < -0.39 is 18.2 Å². The van der Waals surface area contributed by atoms with Crippen molar-refractivity contribution < 1.29 is 37.8 Å². The summed E-state index contributed by atoms with van der Waals surface area (Å²) < 4.78 is 36.1. The Labute approximate surface area is 340 Å². The number of nitrogens with two attached hydrogens (primary N) is 1. The zero-order valence-electron chi connectivity index (χ0n) is 32.1. The number of anilines is 1. The molecule has 2 atom stereocenters. The quantitative estimate of drug-likeness (QED) is 0.0686. The van der Waals surface area contributed by atoms with Crippen molar-refractivity contribution in [3.05, 3.63) is 83.6 Å². The van der Waals surface area contributed by atoms with Gasteiger partial charge in [0.15, 0.2) is 6.61 Å². The molecule has 58 heavy (non-hydrogen) atoms. The highest BCUT2D eigenvalue weighted by molar-refractivity contribution is 7.80. The van der Waals surface area contributed by atoms with E-state index in [0.717, 1.165) is 46.9 Å². The number of ether oxygens (including phenoxy) is 1. The summed E-state index contributed by atoms with van der Waals surface area (Å²) in [6.07, 6.45) is 5.13. The number of nitrogens with one attached hydrogen (secondary N) is 3. The minimum absolute atomic E-state index is 0.100. The summed E-state index contributed by atoms with van der Waals surface area (Å²) in [6, 6.07) is 17.8. The fourth-order valence-electron chi connectivity index (χ4n) is 8.24. The lowest BCUT2D eigenvalue weighted by Crippen LogP contribution is -2.55. The highest BCUT2D eigenvalue weighted by atomic mass is 32.1. The molecule has 1 aliphatic carbocycles. The number of hydrogen-bond donors (Lipinski definition) is 5. The van der Waals surface area contributed by atoms with Crippen molar-refractivity contribution in [2.45, 2.75) is 101 Å². The first-order valence-corrected chi connectivity index (χ1v) is 20.3. The molecule has 1 saturated heterocycles. The van der Waals surface area contributed by atoms with Gasteiger partial charge in [-0.05, 0) is 68.0 Å². The Bertz CT molecular complexity index is 2220. The molecule has 0 bridgehead atoms. The number of amides is 4. The number of piperidine rings is 1. The van der Waals surface area contributed by atoms with Crippen molar-refractivity contribution in [1.29, 1.82) is 0 Å². The second-order valence-electron chi connectivity index (χ2n) is 15.4. The number of nitrogens with zero attached hydrogens (tertiary/aromatic N) is 2. The van der Waals surface area contributed by atoms with Crippen LogP contribution in [0.15, 0.2) is 66.9 Å². The van der Waals surface area contributed by atoms with Gasteiger partial charge < -0.3 is 41.0 Å². The van der Waals surface area contributed by atoms with Gasteiger partial charge in [-0.25, -0.2) is 8.78 Å². The van der Waals surface area contributed by atoms with Crippen molar-refractivity contribution in [3.63, 3.8) is 0 Å². The molecule has 2 unspecified atom stereocenters. The van der Waals surface area contributed by atoms with Gasteiger partial charge in [-0.15, -0.1) is 0 Å². The minimum Gasteiger partial charge on any atom is -0.483 e. The first kappa shape index (κ1) is 40.8. The van der Waals surface area contributed by atoms with Crippen molar-refractivity contribution in [3.8, 4) is 16.9 Å². The molecule has 4 amide bonds. The van der Waals surface area contributed by atoms with E-state index in [4.69, 9.17) is 22.7 Å². The number of benzene rings is 3. The molecule has 0 spiro atoms. The maximum atomic E-state index is 14.1. The molecular formula is C43H48F2N6O6S. The van der Waals surface area contributed by atoms with Crippen LogP contribution in [-0.2, 0) is 20.9 Å². The summed E-state index contributed by atoms with van der Waals surface area (Å²) >= 11 is 5.20. The number of thiocarbonyl (C=S) groups is 1. The lowest BCUT2D eigenvalue weighted by atomic mass is 9.92. The number of unbranched alkanes of at least 4 members (excludes halogenated alkanes) is 3. The van der Waals surface area contributed by atoms with E-state index in [9.17, 15) is 33.1 Å². The van der Waals surface area contributed by atoms with Gasteiger partial charge in [-0.2, -0.15) is 0 Å². The maximum Gasteiger partial charge on any atom is 0.257 e. The molecule has 12 nitrogen and oxygen atoms in total. The van der Waals surface area contributed by atoms with Crippen LogP contribution in [0.3, 0.4) is 0 Å². The van der Waals surface area contributed by atoms with E-state index >= 15 is 0 Å². The number of hydrogen-bond acceptors (Lipinski definition) is 7. The van der Waals surface area contributed by atoms with Crippen molar-refractivity contribution >= 4 is 57.4 Å². The predicted octanol–water partition coefficient (Wildman–Crippen LogP) is 6.33. The van der Waals surface area contributed by atoms with E-state index in [2.05, 4.69) is 20.5 Å². The first-order chi connectivity index (χ1) is 27.9. The second kappa shape index (κ2) is 17.6. The molecule has 3 heterocycles. The van der Waals surface area contributed by atoms with E-state index in [1.54, 1.807) is 18.2 Å². The van der Waals surface area contributed by atoms with Crippen LogP contribution >= 0.6 is 12.2 Å². The molecule has 6 N–H and O–H groups in total. The third-order valence-corrected chi connectivity index (χ3v) is 11.6. The molecule has 2 fully saturated rings. The van der Waals surface area contributed by atoms with E-state index in [1.807, 2.05) is 48.7 Å². The predicted molar refractivity (Wildman–Crippen MR) is 219 cm³/mol. The Morgan fingerprint density at radius 3 is 2.52 bits per heavy atom. The van der Waals surface area contributed by atoms with Gasteiger partial charge >= 0.3 is 0 Å². The lowest BCUT2D eigenvalue weighted by molar-refractivity contribution is -0.129. The maximum absolute atomic E-state index is 14.1. The zero-order valence-corrected chi connectivity index (χ0v) is 32.9.